The van der Waals surface area contributed by atoms with Gasteiger partial charge in [-0.1, -0.05) is 35.9 Å². The molecule has 0 unspecified atom stereocenters. The molecule has 5 nitrogen and oxygen atoms in total. The summed E-state index contributed by atoms with van der Waals surface area (Å²) >= 11 is 0. The summed E-state index contributed by atoms with van der Waals surface area (Å²) in [5.41, 5.74) is 2.13. The van der Waals surface area contributed by atoms with E-state index in [1.54, 1.807) is 0 Å². The minimum atomic E-state index is -3.57. The van der Waals surface area contributed by atoms with E-state index in [-0.39, 0.29) is 18.8 Å². The van der Waals surface area contributed by atoms with Gasteiger partial charge in [0, 0.05) is 12.2 Å². The number of aryl methyl sites for hydroxylation is 1. The van der Waals surface area contributed by atoms with Crippen LogP contribution in [0.25, 0.3) is 0 Å². The van der Waals surface area contributed by atoms with Crippen molar-refractivity contribution in [2.75, 3.05) is 18.1 Å². The van der Waals surface area contributed by atoms with E-state index in [4.69, 9.17) is 0 Å². The summed E-state index contributed by atoms with van der Waals surface area (Å²) in [6.07, 6.45) is 1.05. The Bertz CT molecular complexity index is 820. The topological polar surface area (TPSA) is 66.5 Å². The molecular weight excluding hydrogens is 331 g/mol. The number of benzene rings is 2. The number of hydrogen-bond donors (Lipinski definition) is 1. The van der Waals surface area contributed by atoms with E-state index < -0.39 is 21.7 Å². The molecule has 0 saturated heterocycles. The summed E-state index contributed by atoms with van der Waals surface area (Å²) < 4.78 is 38.1. The lowest BCUT2D eigenvalue weighted by atomic mass is 10.1. The predicted octanol–water partition coefficient (Wildman–Crippen LogP) is 2.53. The first-order chi connectivity index (χ1) is 11.2. The first-order valence-electron chi connectivity index (χ1n) is 7.30. The quantitative estimate of drug-likeness (QED) is 0.871. The molecule has 0 spiro atoms. The van der Waals surface area contributed by atoms with Crippen molar-refractivity contribution in [1.29, 1.82) is 0 Å². The number of amides is 1. The molecular formula is C17H19FN2O3S. The van der Waals surface area contributed by atoms with Crippen molar-refractivity contribution in [3.05, 3.63) is 65.5 Å². The maximum absolute atomic E-state index is 13.1. The zero-order valence-electron chi connectivity index (χ0n) is 13.5. The molecule has 0 saturated carbocycles. The lowest BCUT2D eigenvalue weighted by Gasteiger charge is -2.19. The number of halogens is 1. The van der Waals surface area contributed by atoms with Gasteiger partial charge in [0.05, 0.1) is 12.8 Å². The average molecular weight is 350 g/mol. The van der Waals surface area contributed by atoms with E-state index in [1.165, 1.54) is 24.3 Å². The fraction of sp³-hybridized carbons (Fsp3) is 0.235. The van der Waals surface area contributed by atoms with E-state index in [0.29, 0.717) is 0 Å². The Labute approximate surface area is 141 Å². The second-order valence-electron chi connectivity index (χ2n) is 5.58. The van der Waals surface area contributed by atoms with E-state index >= 15 is 0 Å². The number of anilines is 1. The van der Waals surface area contributed by atoms with Crippen LogP contribution in [0.3, 0.4) is 0 Å². The first-order valence-corrected chi connectivity index (χ1v) is 9.15. The van der Waals surface area contributed by atoms with Gasteiger partial charge >= 0.3 is 0 Å². The zero-order chi connectivity index (χ0) is 17.7. The van der Waals surface area contributed by atoms with Crippen molar-refractivity contribution in [2.24, 2.45) is 0 Å². The highest BCUT2D eigenvalue weighted by atomic mass is 32.2. The van der Waals surface area contributed by atoms with Crippen LogP contribution in [0.15, 0.2) is 48.5 Å². The molecule has 2 rings (SSSR count). The van der Waals surface area contributed by atoms with Crippen LogP contribution in [0.2, 0.25) is 0 Å². The molecule has 0 radical (unpaired) electrons. The summed E-state index contributed by atoms with van der Waals surface area (Å²) in [6, 6.07) is 12.8. The molecule has 1 N–H and O–H groups in total. The number of carbonyl (C=O) groups is 1. The minimum absolute atomic E-state index is 0.0929. The van der Waals surface area contributed by atoms with Crippen molar-refractivity contribution < 1.29 is 17.6 Å². The Kier molecular flexibility index (Phi) is 5.69. The molecule has 2 aromatic carbocycles. The van der Waals surface area contributed by atoms with Gasteiger partial charge in [0.15, 0.2) is 0 Å². The Morgan fingerprint density at radius 1 is 1.17 bits per heavy atom. The van der Waals surface area contributed by atoms with Crippen molar-refractivity contribution in [1.82, 2.24) is 4.31 Å². The largest absolute Gasteiger partial charge is 0.325 e. The standard InChI is InChI=1S/C17H19FN2O3S/c1-13-6-8-14(9-7-13)11-20(24(2,22)23)12-17(21)19-16-5-3-4-15(18)10-16/h3-10H,11-12H2,1-2H3,(H,19,21). The van der Waals surface area contributed by atoms with Crippen molar-refractivity contribution in [3.63, 3.8) is 0 Å². The van der Waals surface area contributed by atoms with Crippen molar-refractivity contribution >= 4 is 21.6 Å². The smallest absolute Gasteiger partial charge is 0.239 e. The number of sulfonamides is 1. The van der Waals surface area contributed by atoms with E-state index in [0.717, 1.165) is 21.7 Å². The van der Waals surface area contributed by atoms with Gasteiger partial charge in [-0.2, -0.15) is 4.31 Å². The molecule has 0 heterocycles. The normalized spacial score (nSPS) is 11.5. The van der Waals surface area contributed by atoms with Crippen LogP contribution < -0.4 is 5.32 Å². The highest BCUT2D eigenvalue weighted by molar-refractivity contribution is 7.88. The minimum Gasteiger partial charge on any atom is -0.325 e. The molecule has 1 amide bonds. The van der Waals surface area contributed by atoms with Gasteiger partial charge in [-0.15, -0.1) is 0 Å². The first kappa shape index (κ1) is 18.1. The Morgan fingerprint density at radius 2 is 1.83 bits per heavy atom. The van der Waals surface area contributed by atoms with Crippen LogP contribution in [0.1, 0.15) is 11.1 Å². The van der Waals surface area contributed by atoms with Crippen LogP contribution >= 0.6 is 0 Å². The second kappa shape index (κ2) is 7.55. The van der Waals surface area contributed by atoms with Gasteiger partial charge in [-0.3, -0.25) is 4.79 Å². The zero-order valence-corrected chi connectivity index (χ0v) is 14.3. The molecule has 128 valence electrons. The van der Waals surface area contributed by atoms with E-state index in [9.17, 15) is 17.6 Å². The third-order valence-corrected chi connectivity index (χ3v) is 4.57. The summed E-state index contributed by atoms with van der Waals surface area (Å²) in [4.78, 5) is 12.1. The van der Waals surface area contributed by atoms with Gasteiger partial charge < -0.3 is 5.32 Å². The molecule has 0 aromatic heterocycles. The van der Waals surface area contributed by atoms with E-state index in [2.05, 4.69) is 5.32 Å². The van der Waals surface area contributed by atoms with Gasteiger partial charge in [-0.05, 0) is 30.7 Å². The SMILES string of the molecule is Cc1ccc(CN(CC(=O)Nc2cccc(F)c2)S(C)(=O)=O)cc1. The Hall–Kier alpha value is -2.25. The Morgan fingerprint density at radius 3 is 2.42 bits per heavy atom. The molecule has 24 heavy (non-hydrogen) atoms. The molecule has 0 bridgehead atoms. The maximum atomic E-state index is 13.1. The fourth-order valence-corrected chi connectivity index (χ4v) is 2.85. The number of nitrogens with zero attached hydrogens (tertiary/aromatic N) is 1. The van der Waals surface area contributed by atoms with E-state index in [1.807, 2.05) is 31.2 Å². The van der Waals surface area contributed by atoms with Crippen LogP contribution in [-0.2, 0) is 21.4 Å². The van der Waals surface area contributed by atoms with Gasteiger partial charge in [0.1, 0.15) is 5.82 Å². The third kappa shape index (κ3) is 5.43. The lowest BCUT2D eigenvalue weighted by Crippen LogP contribution is -2.36. The monoisotopic (exact) mass is 350 g/mol. The van der Waals surface area contributed by atoms with Gasteiger partial charge in [-0.25, -0.2) is 12.8 Å². The summed E-state index contributed by atoms with van der Waals surface area (Å²) in [5, 5.41) is 2.50. The maximum Gasteiger partial charge on any atom is 0.239 e. The summed E-state index contributed by atoms with van der Waals surface area (Å²) in [7, 11) is -3.57. The lowest BCUT2D eigenvalue weighted by molar-refractivity contribution is -0.116. The van der Waals surface area contributed by atoms with Crippen LogP contribution in [0, 0.1) is 12.7 Å². The summed E-state index contributed by atoms with van der Waals surface area (Å²) in [6.45, 7) is 1.68. The van der Waals surface area contributed by atoms with Crippen LogP contribution in [0.4, 0.5) is 10.1 Å². The fourth-order valence-electron chi connectivity index (χ4n) is 2.11. The molecule has 0 fully saturated rings. The predicted molar refractivity (Wildman–Crippen MR) is 91.5 cm³/mol. The van der Waals surface area contributed by atoms with Crippen LogP contribution in [0.5, 0.6) is 0 Å². The highest BCUT2D eigenvalue weighted by Gasteiger charge is 2.20. The Balaban J connectivity index is 2.08. The summed E-state index contributed by atoms with van der Waals surface area (Å²) in [5.74, 6) is -1.01. The molecule has 0 aliphatic heterocycles. The van der Waals surface area contributed by atoms with Crippen molar-refractivity contribution in [3.8, 4) is 0 Å². The van der Waals surface area contributed by atoms with Crippen LogP contribution in [-0.4, -0.2) is 31.4 Å². The number of carbonyl (C=O) groups excluding carboxylic acids is 1. The number of nitrogens with one attached hydrogen (secondary N) is 1. The average Bonchev–Trinajstić information content (AvgIpc) is 2.48. The number of rotatable bonds is 6. The third-order valence-electron chi connectivity index (χ3n) is 3.38. The number of hydrogen-bond acceptors (Lipinski definition) is 3. The van der Waals surface area contributed by atoms with Gasteiger partial charge in [0.2, 0.25) is 15.9 Å². The van der Waals surface area contributed by atoms with Gasteiger partial charge in [0.25, 0.3) is 0 Å². The molecule has 2 aromatic rings. The highest BCUT2D eigenvalue weighted by Crippen LogP contribution is 2.12. The molecule has 0 aliphatic carbocycles. The second-order valence-corrected chi connectivity index (χ2v) is 7.56. The van der Waals surface area contributed by atoms with Crippen molar-refractivity contribution in [2.45, 2.75) is 13.5 Å². The molecule has 0 aliphatic rings. The molecule has 7 heteroatoms. The molecule has 0 atom stereocenters.